The van der Waals surface area contributed by atoms with Gasteiger partial charge in [0.25, 0.3) is 6.47 Å². The predicted octanol–water partition coefficient (Wildman–Crippen LogP) is 0.323. The minimum absolute atomic E-state index is 0.173. The second-order valence-electron chi connectivity index (χ2n) is 5.31. The molecule has 0 amide bonds. The average molecular weight is 260 g/mol. The number of hydrogen-bond acceptors (Lipinski definition) is 5. The predicted molar refractivity (Wildman–Crippen MR) is 68.4 cm³/mol. The summed E-state index contributed by atoms with van der Waals surface area (Å²) < 4.78 is 4.55. The van der Waals surface area contributed by atoms with Crippen molar-refractivity contribution in [2.24, 2.45) is 0 Å². The zero-order valence-electron chi connectivity index (χ0n) is 11.6. The van der Waals surface area contributed by atoms with Crippen molar-refractivity contribution in [2.75, 3.05) is 26.2 Å². The number of carbonyl (C=O) groups is 2. The van der Waals surface area contributed by atoms with Gasteiger partial charge < -0.3 is 15.2 Å². The molecule has 0 aromatic carbocycles. The normalized spacial score (nSPS) is 20.6. The summed E-state index contributed by atoms with van der Waals surface area (Å²) in [6, 6.07) is 0.420. The third kappa shape index (κ3) is 10.0. The van der Waals surface area contributed by atoms with Crippen LogP contribution in [0.2, 0.25) is 0 Å². The number of aliphatic carboxylic acids is 1. The van der Waals surface area contributed by atoms with Gasteiger partial charge in [0.05, 0.1) is 6.54 Å². The molecule has 6 heteroatoms. The molecule has 106 valence electrons. The zero-order valence-corrected chi connectivity index (χ0v) is 11.6. The zero-order chi connectivity index (χ0) is 14.2. The minimum atomic E-state index is -0.737. The number of rotatable bonds is 3. The topological polar surface area (TPSA) is 78.9 Å². The van der Waals surface area contributed by atoms with Gasteiger partial charge in [-0.3, -0.25) is 14.5 Å². The van der Waals surface area contributed by atoms with E-state index in [-0.39, 0.29) is 12.1 Å². The second-order valence-corrected chi connectivity index (χ2v) is 5.31. The first kappa shape index (κ1) is 16.9. The second kappa shape index (κ2) is 8.05. The lowest BCUT2D eigenvalue weighted by molar-refractivity contribution is -0.139. The fourth-order valence-electron chi connectivity index (χ4n) is 1.49. The molecule has 1 fully saturated rings. The van der Waals surface area contributed by atoms with Gasteiger partial charge in [0.15, 0.2) is 0 Å². The molecule has 1 atom stereocenters. The summed E-state index contributed by atoms with van der Waals surface area (Å²) in [6.45, 7) is 10.7. The van der Waals surface area contributed by atoms with Crippen LogP contribution in [0.3, 0.4) is 0 Å². The van der Waals surface area contributed by atoms with Crippen LogP contribution in [-0.2, 0) is 14.3 Å². The standard InChI is InChI=1S/C7H14N2O2.C5H10O2/c1-6-4-9(3-2-8-6)5-7(10)11;1-5(2,3)7-4-6/h6,8H,2-5H2,1H3,(H,10,11);4H,1-3H3. The van der Waals surface area contributed by atoms with Crippen molar-refractivity contribution in [3.8, 4) is 0 Å². The van der Waals surface area contributed by atoms with Crippen LogP contribution in [0.1, 0.15) is 27.7 Å². The molecular weight excluding hydrogens is 236 g/mol. The molecular formula is C12H24N2O4. The van der Waals surface area contributed by atoms with Gasteiger partial charge in [-0.2, -0.15) is 0 Å². The van der Waals surface area contributed by atoms with Crippen LogP contribution in [0.5, 0.6) is 0 Å². The molecule has 18 heavy (non-hydrogen) atoms. The minimum Gasteiger partial charge on any atom is -0.480 e. The van der Waals surface area contributed by atoms with Crippen LogP contribution in [0, 0.1) is 0 Å². The monoisotopic (exact) mass is 260 g/mol. The Morgan fingerprint density at radius 2 is 2.17 bits per heavy atom. The van der Waals surface area contributed by atoms with Gasteiger partial charge in [0.1, 0.15) is 5.60 Å². The van der Waals surface area contributed by atoms with Crippen LogP contribution in [0.4, 0.5) is 0 Å². The molecule has 0 bridgehead atoms. The van der Waals surface area contributed by atoms with Crippen LogP contribution in [-0.4, -0.2) is 60.3 Å². The van der Waals surface area contributed by atoms with E-state index in [4.69, 9.17) is 5.11 Å². The highest BCUT2D eigenvalue weighted by atomic mass is 16.5. The van der Waals surface area contributed by atoms with Gasteiger partial charge >= 0.3 is 5.97 Å². The summed E-state index contributed by atoms with van der Waals surface area (Å²) in [6.07, 6.45) is 0. The molecule has 1 saturated heterocycles. The van der Waals surface area contributed by atoms with Gasteiger partial charge in [0.2, 0.25) is 0 Å². The molecule has 0 aliphatic carbocycles. The van der Waals surface area contributed by atoms with Crippen LogP contribution >= 0.6 is 0 Å². The molecule has 0 saturated carbocycles. The molecule has 1 rings (SSSR count). The van der Waals surface area contributed by atoms with Crippen molar-refractivity contribution < 1.29 is 19.4 Å². The fourth-order valence-corrected chi connectivity index (χ4v) is 1.49. The van der Waals surface area contributed by atoms with Crippen molar-refractivity contribution >= 4 is 12.4 Å². The molecule has 1 aliphatic heterocycles. The molecule has 2 N–H and O–H groups in total. The SMILES string of the molecule is CC(C)(C)OC=O.CC1CN(CC(=O)O)CCN1. The number of carboxylic acids is 1. The van der Waals surface area contributed by atoms with Crippen molar-refractivity contribution in [3.05, 3.63) is 0 Å². The third-order valence-electron chi connectivity index (χ3n) is 2.21. The lowest BCUT2D eigenvalue weighted by Gasteiger charge is -2.30. The number of nitrogens with one attached hydrogen (secondary N) is 1. The van der Waals surface area contributed by atoms with Crippen LogP contribution < -0.4 is 5.32 Å². The lowest BCUT2D eigenvalue weighted by atomic mass is 10.2. The van der Waals surface area contributed by atoms with E-state index in [9.17, 15) is 9.59 Å². The molecule has 1 aliphatic rings. The van der Waals surface area contributed by atoms with E-state index in [1.54, 1.807) is 0 Å². The molecule has 0 aromatic rings. The quantitative estimate of drug-likeness (QED) is 0.712. The summed E-state index contributed by atoms with van der Waals surface area (Å²) >= 11 is 0. The molecule has 1 unspecified atom stereocenters. The van der Waals surface area contributed by atoms with Crippen molar-refractivity contribution in [1.82, 2.24) is 10.2 Å². The van der Waals surface area contributed by atoms with Crippen LogP contribution in [0.25, 0.3) is 0 Å². The lowest BCUT2D eigenvalue weighted by Crippen LogP contribution is -2.50. The Bertz CT molecular complexity index is 263. The summed E-state index contributed by atoms with van der Waals surface area (Å²) in [5.74, 6) is -0.737. The summed E-state index contributed by atoms with van der Waals surface area (Å²) in [4.78, 5) is 21.9. The maximum Gasteiger partial charge on any atom is 0.317 e. The van der Waals surface area contributed by atoms with Crippen LogP contribution in [0.15, 0.2) is 0 Å². The molecule has 0 aromatic heterocycles. The van der Waals surface area contributed by atoms with Crippen molar-refractivity contribution in [1.29, 1.82) is 0 Å². The Morgan fingerprint density at radius 3 is 2.50 bits per heavy atom. The van der Waals surface area contributed by atoms with E-state index < -0.39 is 5.97 Å². The maximum absolute atomic E-state index is 10.3. The largest absolute Gasteiger partial charge is 0.480 e. The van der Waals surface area contributed by atoms with E-state index in [0.29, 0.717) is 12.5 Å². The highest BCUT2D eigenvalue weighted by Crippen LogP contribution is 2.02. The fraction of sp³-hybridized carbons (Fsp3) is 0.833. The Morgan fingerprint density at radius 1 is 1.56 bits per heavy atom. The smallest absolute Gasteiger partial charge is 0.317 e. The number of piperazine rings is 1. The highest BCUT2D eigenvalue weighted by Gasteiger charge is 2.16. The van der Waals surface area contributed by atoms with Crippen molar-refractivity contribution in [2.45, 2.75) is 39.3 Å². The summed E-state index contributed by atoms with van der Waals surface area (Å²) in [5, 5.41) is 11.7. The summed E-state index contributed by atoms with van der Waals surface area (Å²) in [5.41, 5.74) is -0.318. The van der Waals surface area contributed by atoms with E-state index in [0.717, 1.165) is 19.6 Å². The van der Waals surface area contributed by atoms with Gasteiger partial charge in [-0.25, -0.2) is 0 Å². The van der Waals surface area contributed by atoms with E-state index in [1.807, 2.05) is 25.7 Å². The Balaban J connectivity index is 0.000000360. The average Bonchev–Trinajstić information content (AvgIpc) is 2.15. The molecule has 0 spiro atoms. The van der Waals surface area contributed by atoms with Gasteiger partial charge in [-0.05, 0) is 27.7 Å². The Kier molecular flexibility index (Phi) is 7.54. The molecule has 6 nitrogen and oxygen atoms in total. The number of ether oxygens (including phenoxy) is 1. The van der Waals surface area contributed by atoms with Gasteiger partial charge in [-0.15, -0.1) is 0 Å². The highest BCUT2D eigenvalue weighted by molar-refractivity contribution is 5.69. The van der Waals surface area contributed by atoms with Gasteiger partial charge in [0, 0.05) is 25.7 Å². The van der Waals surface area contributed by atoms with E-state index >= 15 is 0 Å². The van der Waals surface area contributed by atoms with Gasteiger partial charge in [-0.1, -0.05) is 0 Å². The first-order valence-electron chi connectivity index (χ1n) is 6.03. The summed E-state index contributed by atoms with van der Waals surface area (Å²) in [7, 11) is 0. The van der Waals surface area contributed by atoms with E-state index in [2.05, 4.69) is 17.0 Å². The first-order valence-corrected chi connectivity index (χ1v) is 6.03. The van der Waals surface area contributed by atoms with E-state index in [1.165, 1.54) is 0 Å². The number of carbonyl (C=O) groups excluding carboxylic acids is 1. The number of nitrogens with zero attached hydrogens (tertiary/aromatic N) is 1. The first-order chi connectivity index (χ1) is 8.24. The number of carboxylic acid groups (broad SMARTS) is 1. The maximum atomic E-state index is 10.3. The Hall–Kier alpha value is -1.14. The molecule has 0 radical (unpaired) electrons. The third-order valence-corrected chi connectivity index (χ3v) is 2.21. The Labute approximate surface area is 108 Å². The van der Waals surface area contributed by atoms with Crippen molar-refractivity contribution in [3.63, 3.8) is 0 Å². The number of hydrogen-bond donors (Lipinski definition) is 2. The molecule has 1 heterocycles.